The zero-order valence-corrected chi connectivity index (χ0v) is 15.9. The van der Waals surface area contributed by atoms with E-state index in [9.17, 15) is 13.2 Å². The maximum atomic E-state index is 13.0. The van der Waals surface area contributed by atoms with Crippen molar-refractivity contribution in [3.05, 3.63) is 53.6 Å². The number of rotatable bonds is 3. The number of ether oxygens (including phenoxy) is 2. The van der Waals surface area contributed by atoms with Gasteiger partial charge in [-0.05, 0) is 54.8 Å². The largest absolute Gasteiger partial charge is 0.486 e. The third kappa shape index (κ3) is 3.51. The van der Waals surface area contributed by atoms with Crippen molar-refractivity contribution >= 4 is 15.7 Å². The highest BCUT2D eigenvalue weighted by Crippen LogP contribution is 2.38. The summed E-state index contributed by atoms with van der Waals surface area (Å²) in [5.74, 6) is 1.36. The SMILES string of the molecule is CS(=O)(=O)c1ccc(C(=O)N2CCCC2c2ccc3c(c2)OCCO3)cc1. The predicted molar refractivity (Wildman–Crippen MR) is 100.0 cm³/mol. The van der Waals surface area contributed by atoms with Gasteiger partial charge in [0, 0.05) is 18.4 Å². The fourth-order valence-corrected chi connectivity index (χ4v) is 4.26. The van der Waals surface area contributed by atoms with Crippen molar-refractivity contribution < 1.29 is 22.7 Å². The highest BCUT2D eigenvalue weighted by Gasteiger charge is 2.31. The smallest absolute Gasteiger partial charge is 0.254 e. The fraction of sp³-hybridized carbons (Fsp3) is 0.350. The van der Waals surface area contributed by atoms with Crippen LogP contribution >= 0.6 is 0 Å². The Labute approximate surface area is 158 Å². The molecule has 2 aliphatic rings. The lowest BCUT2D eigenvalue weighted by Crippen LogP contribution is -2.30. The van der Waals surface area contributed by atoms with Gasteiger partial charge in [0.15, 0.2) is 21.3 Å². The molecule has 27 heavy (non-hydrogen) atoms. The molecule has 0 aromatic heterocycles. The van der Waals surface area contributed by atoms with Crippen LogP contribution in [0.15, 0.2) is 47.4 Å². The second-order valence-corrected chi connectivity index (χ2v) is 8.87. The Balaban J connectivity index is 1.58. The number of likely N-dealkylation sites (tertiary alicyclic amines) is 1. The Morgan fingerprint density at radius 3 is 2.44 bits per heavy atom. The molecule has 0 spiro atoms. The van der Waals surface area contributed by atoms with Crippen LogP contribution in [0.3, 0.4) is 0 Å². The van der Waals surface area contributed by atoms with Crippen LogP contribution in [-0.4, -0.2) is 45.2 Å². The summed E-state index contributed by atoms with van der Waals surface area (Å²) in [6.07, 6.45) is 2.96. The molecular formula is C20H21NO5S. The maximum Gasteiger partial charge on any atom is 0.254 e. The quantitative estimate of drug-likeness (QED) is 0.810. The monoisotopic (exact) mass is 387 g/mol. The van der Waals surface area contributed by atoms with Gasteiger partial charge >= 0.3 is 0 Å². The molecule has 2 aromatic rings. The zero-order valence-electron chi connectivity index (χ0n) is 15.1. The summed E-state index contributed by atoms with van der Waals surface area (Å²) < 4.78 is 34.4. The Kier molecular flexibility index (Phi) is 4.55. The number of sulfone groups is 1. The number of carbonyl (C=O) groups excluding carboxylic acids is 1. The molecule has 142 valence electrons. The van der Waals surface area contributed by atoms with Crippen molar-refractivity contribution in [2.24, 2.45) is 0 Å². The molecule has 1 amide bonds. The highest BCUT2D eigenvalue weighted by atomic mass is 32.2. The third-order valence-corrected chi connectivity index (χ3v) is 6.12. The van der Waals surface area contributed by atoms with Crippen molar-refractivity contribution in [3.63, 3.8) is 0 Å². The molecule has 6 nitrogen and oxygen atoms in total. The van der Waals surface area contributed by atoms with Gasteiger partial charge < -0.3 is 14.4 Å². The molecule has 0 bridgehead atoms. The van der Waals surface area contributed by atoms with E-state index in [0.29, 0.717) is 25.3 Å². The standard InChI is InChI=1S/C20H21NO5S/c1-27(23,24)16-7-4-14(5-8-16)20(22)21-10-2-3-17(21)15-6-9-18-19(13-15)26-12-11-25-18/h4-9,13,17H,2-3,10-12H2,1H3. The Hall–Kier alpha value is -2.54. The van der Waals surface area contributed by atoms with Crippen LogP contribution in [0.2, 0.25) is 0 Å². The van der Waals surface area contributed by atoms with Gasteiger partial charge in [0.2, 0.25) is 0 Å². The van der Waals surface area contributed by atoms with Crippen molar-refractivity contribution in [2.45, 2.75) is 23.8 Å². The van der Waals surface area contributed by atoms with Gasteiger partial charge in [0.05, 0.1) is 10.9 Å². The summed E-state index contributed by atoms with van der Waals surface area (Å²) >= 11 is 0. The molecule has 2 heterocycles. The molecule has 7 heteroatoms. The minimum Gasteiger partial charge on any atom is -0.486 e. The van der Waals surface area contributed by atoms with E-state index in [1.54, 1.807) is 12.1 Å². The highest BCUT2D eigenvalue weighted by molar-refractivity contribution is 7.90. The topological polar surface area (TPSA) is 72.9 Å². The number of fused-ring (bicyclic) bond motifs is 1. The average Bonchev–Trinajstić information content (AvgIpc) is 3.16. The number of benzene rings is 2. The van der Waals surface area contributed by atoms with E-state index >= 15 is 0 Å². The first-order chi connectivity index (χ1) is 12.9. The molecule has 1 saturated heterocycles. The Morgan fingerprint density at radius 1 is 1.04 bits per heavy atom. The van der Waals surface area contributed by atoms with Gasteiger partial charge in [-0.15, -0.1) is 0 Å². The second kappa shape index (κ2) is 6.88. The molecule has 2 aliphatic heterocycles. The predicted octanol–water partition coefficient (Wildman–Crippen LogP) is 2.84. The van der Waals surface area contributed by atoms with E-state index in [-0.39, 0.29) is 16.8 Å². The molecule has 0 aliphatic carbocycles. The summed E-state index contributed by atoms with van der Waals surface area (Å²) in [6, 6.07) is 11.9. The number of carbonyl (C=O) groups is 1. The van der Waals surface area contributed by atoms with Crippen LogP contribution in [0.4, 0.5) is 0 Å². The first-order valence-corrected chi connectivity index (χ1v) is 10.8. The van der Waals surface area contributed by atoms with Crippen LogP contribution in [0, 0.1) is 0 Å². The minimum atomic E-state index is -3.28. The summed E-state index contributed by atoms with van der Waals surface area (Å²) in [5, 5.41) is 0. The number of nitrogens with zero attached hydrogens (tertiary/aromatic N) is 1. The van der Waals surface area contributed by atoms with Gasteiger partial charge in [0.25, 0.3) is 5.91 Å². The lowest BCUT2D eigenvalue weighted by atomic mass is 10.0. The summed E-state index contributed by atoms with van der Waals surface area (Å²) in [7, 11) is -3.28. The number of hydrogen-bond donors (Lipinski definition) is 0. The first-order valence-electron chi connectivity index (χ1n) is 8.94. The number of amides is 1. The van der Waals surface area contributed by atoms with Gasteiger partial charge in [-0.2, -0.15) is 0 Å². The number of hydrogen-bond acceptors (Lipinski definition) is 5. The van der Waals surface area contributed by atoms with Crippen LogP contribution in [-0.2, 0) is 9.84 Å². The van der Waals surface area contributed by atoms with Gasteiger partial charge in [-0.25, -0.2) is 8.42 Å². The second-order valence-electron chi connectivity index (χ2n) is 6.86. The molecule has 2 aromatic carbocycles. The molecule has 0 radical (unpaired) electrons. The zero-order chi connectivity index (χ0) is 19.0. The van der Waals surface area contributed by atoms with Crippen LogP contribution in [0.25, 0.3) is 0 Å². The molecule has 4 rings (SSSR count). The molecule has 1 unspecified atom stereocenters. The molecule has 1 atom stereocenters. The third-order valence-electron chi connectivity index (χ3n) is 4.99. The molecular weight excluding hydrogens is 366 g/mol. The van der Waals surface area contributed by atoms with Crippen LogP contribution in [0.5, 0.6) is 11.5 Å². The van der Waals surface area contributed by atoms with Gasteiger partial charge in [0.1, 0.15) is 13.2 Å². The van der Waals surface area contributed by atoms with Crippen LogP contribution < -0.4 is 9.47 Å². The lowest BCUT2D eigenvalue weighted by molar-refractivity contribution is 0.0735. The van der Waals surface area contributed by atoms with Crippen molar-refractivity contribution in [3.8, 4) is 11.5 Å². The Morgan fingerprint density at radius 2 is 1.74 bits per heavy atom. The average molecular weight is 387 g/mol. The Bertz CT molecular complexity index is 968. The molecule has 0 saturated carbocycles. The van der Waals surface area contributed by atoms with E-state index in [1.165, 1.54) is 12.1 Å². The fourth-order valence-electron chi connectivity index (χ4n) is 3.63. The summed E-state index contributed by atoms with van der Waals surface area (Å²) in [6.45, 7) is 1.74. The first kappa shape index (κ1) is 17.9. The minimum absolute atomic E-state index is 0.0251. The van der Waals surface area contributed by atoms with E-state index in [2.05, 4.69) is 0 Å². The van der Waals surface area contributed by atoms with Gasteiger partial charge in [-0.3, -0.25) is 4.79 Å². The van der Waals surface area contributed by atoms with Gasteiger partial charge in [-0.1, -0.05) is 6.07 Å². The summed E-state index contributed by atoms with van der Waals surface area (Å²) in [4.78, 5) is 15.1. The van der Waals surface area contributed by atoms with Crippen molar-refractivity contribution in [1.82, 2.24) is 4.90 Å². The lowest BCUT2D eigenvalue weighted by Gasteiger charge is -2.27. The van der Waals surface area contributed by atoms with E-state index in [1.807, 2.05) is 23.1 Å². The van der Waals surface area contributed by atoms with Crippen molar-refractivity contribution in [1.29, 1.82) is 0 Å². The van der Waals surface area contributed by atoms with E-state index < -0.39 is 9.84 Å². The van der Waals surface area contributed by atoms with E-state index in [4.69, 9.17) is 9.47 Å². The maximum absolute atomic E-state index is 13.0. The van der Waals surface area contributed by atoms with Crippen LogP contribution in [0.1, 0.15) is 34.8 Å². The van der Waals surface area contributed by atoms with Crippen molar-refractivity contribution in [2.75, 3.05) is 26.0 Å². The normalized spacial score (nSPS) is 19.1. The summed E-state index contributed by atoms with van der Waals surface area (Å²) in [5.41, 5.74) is 1.52. The van der Waals surface area contributed by atoms with E-state index in [0.717, 1.165) is 36.2 Å². The molecule has 0 N–H and O–H groups in total. The molecule has 1 fully saturated rings.